The van der Waals surface area contributed by atoms with Gasteiger partial charge in [0, 0.05) is 102 Å². The highest BCUT2D eigenvalue weighted by molar-refractivity contribution is 6.23. The van der Waals surface area contributed by atoms with Crippen LogP contribution in [0.2, 0.25) is 0 Å². The predicted octanol–water partition coefficient (Wildman–Crippen LogP) is 26.7. The van der Waals surface area contributed by atoms with Gasteiger partial charge in [-0.1, -0.05) is 231 Å². The van der Waals surface area contributed by atoms with Crippen LogP contribution in [0.25, 0.3) is 71.3 Å². The lowest BCUT2D eigenvalue weighted by Crippen LogP contribution is -2.30. The van der Waals surface area contributed by atoms with Crippen LogP contribution < -0.4 is 24.5 Å². The second-order valence-corrected chi connectivity index (χ2v) is 26.8. The molecule has 6 heteroatoms. The molecule has 1 aliphatic carbocycles. The van der Waals surface area contributed by atoms with Crippen LogP contribution in [0.1, 0.15) is 11.5 Å². The molecule has 0 saturated carbocycles. The van der Waals surface area contributed by atoms with Gasteiger partial charge < -0.3 is 29.1 Å². The molecule has 0 amide bonds. The molecule has 492 valence electrons. The molecule has 16 aromatic carbocycles. The van der Waals surface area contributed by atoms with Gasteiger partial charge in [-0.15, -0.1) is 0 Å². The molecule has 0 spiro atoms. The molecular formula is C98H70N6. The fourth-order valence-corrected chi connectivity index (χ4v) is 16.2. The number of aromatic nitrogens is 1. The molecule has 2 aliphatic rings. The van der Waals surface area contributed by atoms with Crippen molar-refractivity contribution in [1.82, 2.24) is 4.57 Å². The summed E-state index contributed by atoms with van der Waals surface area (Å²) < 4.78 is 2.39. The fourth-order valence-electron chi connectivity index (χ4n) is 16.2. The van der Waals surface area contributed by atoms with Crippen molar-refractivity contribution in [2.45, 2.75) is 12.0 Å². The minimum Gasteiger partial charge on any atom is -0.333 e. The molecular weight excluding hydrogens is 1260 g/mol. The Morgan fingerprint density at radius 2 is 0.587 bits per heavy atom. The first kappa shape index (κ1) is 61.4. The van der Waals surface area contributed by atoms with Gasteiger partial charge in [0.2, 0.25) is 0 Å². The van der Waals surface area contributed by atoms with Gasteiger partial charge in [-0.3, -0.25) is 0 Å². The van der Waals surface area contributed by atoms with E-state index in [-0.39, 0.29) is 12.0 Å². The van der Waals surface area contributed by atoms with E-state index < -0.39 is 0 Å². The Morgan fingerprint density at radius 3 is 1.07 bits per heavy atom. The lowest BCUT2D eigenvalue weighted by molar-refractivity contribution is 0.736. The van der Waals surface area contributed by atoms with Crippen LogP contribution in [-0.4, -0.2) is 10.6 Å². The first-order valence-electron chi connectivity index (χ1n) is 35.8. The molecule has 1 aromatic heterocycles. The number of allylic oxidation sites excluding steroid dienone is 1. The summed E-state index contributed by atoms with van der Waals surface area (Å²) in [5, 5.41) is 6.91. The number of hydrogen-bond donors (Lipinski definition) is 0. The highest BCUT2D eigenvalue weighted by atomic mass is 15.2. The summed E-state index contributed by atoms with van der Waals surface area (Å²) in [6.07, 6.45) is 7.29. The number of nitrogens with zero attached hydrogens (tertiary/aromatic N) is 6. The lowest BCUT2D eigenvalue weighted by Gasteiger charge is -2.33. The van der Waals surface area contributed by atoms with E-state index in [9.17, 15) is 0 Å². The predicted molar refractivity (Wildman–Crippen MR) is 438 cm³/mol. The second-order valence-electron chi connectivity index (χ2n) is 26.8. The highest BCUT2D eigenvalue weighted by Crippen LogP contribution is 2.53. The number of rotatable bonds is 16. The van der Waals surface area contributed by atoms with Crippen LogP contribution in [0.5, 0.6) is 0 Å². The monoisotopic (exact) mass is 1330 g/mol. The van der Waals surface area contributed by atoms with Crippen LogP contribution in [0.4, 0.5) is 73.9 Å². The average Bonchev–Trinajstić information content (AvgIpc) is 1.03. The first-order chi connectivity index (χ1) is 51.6. The minimum absolute atomic E-state index is 0.0953. The summed E-state index contributed by atoms with van der Waals surface area (Å²) >= 11 is 0. The van der Waals surface area contributed by atoms with Crippen molar-refractivity contribution in [2.75, 3.05) is 24.5 Å². The van der Waals surface area contributed by atoms with Crippen LogP contribution in [0, 0.1) is 0 Å². The van der Waals surface area contributed by atoms with Crippen molar-refractivity contribution in [3.63, 3.8) is 0 Å². The summed E-state index contributed by atoms with van der Waals surface area (Å²) in [6.45, 7) is 0. The number of benzene rings is 16. The molecule has 0 fully saturated rings. The largest absolute Gasteiger partial charge is 0.333 e. The van der Waals surface area contributed by atoms with E-state index in [1.54, 1.807) is 0 Å². The van der Waals surface area contributed by atoms with E-state index in [4.69, 9.17) is 0 Å². The van der Waals surface area contributed by atoms with Gasteiger partial charge in [0.05, 0.1) is 17.1 Å². The van der Waals surface area contributed by atoms with E-state index in [0.717, 1.165) is 123 Å². The van der Waals surface area contributed by atoms with Gasteiger partial charge in [0.25, 0.3) is 0 Å². The topological polar surface area (TPSA) is 21.1 Å². The highest BCUT2D eigenvalue weighted by Gasteiger charge is 2.39. The van der Waals surface area contributed by atoms with Crippen molar-refractivity contribution in [3.05, 3.63) is 424 Å². The quantitative estimate of drug-likeness (QED) is 0.0896. The third-order valence-electron chi connectivity index (χ3n) is 20.8. The van der Waals surface area contributed by atoms with Gasteiger partial charge in [0.1, 0.15) is 0 Å². The molecule has 0 saturated heterocycles. The normalized spacial score (nSPS) is 13.8. The molecule has 2 unspecified atom stereocenters. The number of hydrogen-bond acceptors (Lipinski definition) is 5. The number of para-hydroxylation sites is 10. The number of fused-ring (bicyclic) bond motifs is 8. The molecule has 0 bridgehead atoms. The maximum atomic E-state index is 2.51. The molecule has 6 nitrogen and oxygen atoms in total. The van der Waals surface area contributed by atoms with Gasteiger partial charge >= 0.3 is 0 Å². The standard InChI is InChI=1S/C98H70N6/c1-9-29-71(30-10-1)99(72-31-11-2-12-32-72)79-53-49-69(50-54-79)97-87-61-57-82(102(76-39-19-6-20-40-76)84-60-64-96-90(66-84)86-46-26-28-48-94(86)104(96)78-43-23-8-24-44-78)68-92(87)98(70-51-55-80(56-52-70)100(73-33-13-3-14-34-73)74-35-15-4-16-36-74)88-62-58-81(67-91(88)97)101(75-37-17-5-18-38-75)83-59-63-95-89(65-83)85-45-25-27-47-93(85)103(95)77-41-21-7-22-42-77/h1-68,89,95H. The van der Waals surface area contributed by atoms with Crippen LogP contribution in [0.15, 0.2) is 418 Å². The Labute approximate surface area is 606 Å². The Kier molecular flexibility index (Phi) is 15.6. The number of anilines is 13. The fraction of sp³-hybridized carbons (Fsp3) is 0.0204. The van der Waals surface area contributed by atoms with E-state index >= 15 is 0 Å². The Morgan fingerprint density at radius 1 is 0.240 bits per heavy atom. The summed E-state index contributed by atoms with van der Waals surface area (Å²) in [6, 6.07) is 144. The summed E-state index contributed by atoms with van der Waals surface area (Å²) in [5.74, 6) is 0.0953. The van der Waals surface area contributed by atoms with Gasteiger partial charge in [-0.2, -0.15) is 0 Å². The molecule has 104 heavy (non-hydrogen) atoms. The Bertz CT molecular complexity index is 5950. The minimum atomic E-state index is 0.0953. The van der Waals surface area contributed by atoms with Crippen molar-refractivity contribution in [2.24, 2.45) is 0 Å². The molecule has 0 radical (unpaired) electrons. The maximum absolute atomic E-state index is 2.51. The van der Waals surface area contributed by atoms with E-state index in [0.29, 0.717) is 0 Å². The van der Waals surface area contributed by atoms with E-state index in [1.807, 2.05) is 0 Å². The molecule has 0 N–H and O–H groups in total. The molecule has 19 rings (SSSR count). The zero-order valence-corrected chi connectivity index (χ0v) is 57.1. The molecule has 2 heterocycles. The van der Waals surface area contributed by atoms with Crippen molar-refractivity contribution in [3.8, 4) is 27.9 Å². The van der Waals surface area contributed by atoms with Crippen LogP contribution in [-0.2, 0) is 0 Å². The van der Waals surface area contributed by atoms with Gasteiger partial charge in [0.15, 0.2) is 0 Å². The smallest absolute Gasteiger partial charge is 0.0631 e. The zero-order chi connectivity index (χ0) is 68.9. The average molecular weight is 1330 g/mol. The van der Waals surface area contributed by atoms with Gasteiger partial charge in [-0.25, -0.2) is 0 Å². The summed E-state index contributed by atoms with van der Waals surface area (Å²) in [5.41, 5.74) is 24.5. The molecule has 2 atom stereocenters. The Hall–Kier alpha value is -13.7. The summed E-state index contributed by atoms with van der Waals surface area (Å²) in [7, 11) is 0. The second kappa shape index (κ2) is 26.4. The van der Waals surface area contributed by atoms with Crippen molar-refractivity contribution in [1.29, 1.82) is 0 Å². The summed E-state index contributed by atoms with van der Waals surface area (Å²) in [4.78, 5) is 12.1. The molecule has 17 aromatic rings. The van der Waals surface area contributed by atoms with Crippen molar-refractivity contribution < 1.29 is 0 Å². The van der Waals surface area contributed by atoms with E-state index in [2.05, 4.69) is 442 Å². The third-order valence-corrected chi connectivity index (χ3v) is 20.8. The zero-order valence-electron chi connectivity index (χ0n) is 57.1. The van der Waals surface area contributed by atoms with Crippen molar-refractivity contribution >= 4 is 117 Å². The lowest BCUT2D eigenvalue weighted by atomic mass is 9.85. The molecule has 1 aliphatic heterocycles. The van der Waals surface area contributed by atoms with Crippen LogP contribution in [0.3, 0.4) is 0 Å². The third kappa shape index (κ3) is 10.9. The SMILES string of the molecule is C1=CC2C(C=C1N(c1ccccc1)c1ccc3c(-c4ccc(N(c5ccccc5)c5ccccc5)cc4)c4cc(N(c5ccccc5)c5ccc6c(c5)c5ccccc5n6-c5ccccc5)ccc4c(-c4ccc(N(c5ccccc5)c5ccccc5)cc4)c3c1)c1ccccc1N2c1ccccc1. The van der Waals surface area contributed by atoms with E-state index in [1.165, 1.54) is 33.2 Å². The first-order valence-corrected chi connectivity index (χ1v) is 35.8. The Balaban J connectivity index is 0.860. The maximum Gasteiger partial charge on any atom is 0.0631 e. The van der Waals surface area contributed by atoms with Gasteiger partial charge in [-0.05, 0) is 231 Å². The van der Waals surface area contributed by atoms with Crippen LogP contribution >= 0.6 is 0 Å².